The normalized spacial score (nSPS) is 11.6. The molecule has 0 N–H and O–H groups in total. The van der Waals surface area contributed by atoms with Gasteiger partial charge in [-0.2, -0.15) is 0 Å². The third kappa shape index (κ3) is 4.94. The van der Waals surface area contributed by atoms with Crippen molar-refractivity contribution in [1.29, 1.82) is 0 Å². The molecule has 0 saturated carbocycles. The van der Waals surface area contributed by atoms with Crippen LogP contribution in [0.15, 0.2) is 152 Å². The summed E-state index contributed by atoms with van der Waals surface area (Å²) in [4.78, 5) is 25.0. The highest BCUT2D eigenvalue weighted by Gasteiger charge is 2.18. The summed E-state index contributed by atoms with van der Waals surface area (Å²) in [5, 5.41) is 3.52. The lowest BCUT2D eigenvalue weighted by Crippen LogP contribution is -2.00. The minimum absolute atomic E-state index is 0.639. The van der Waals surface area contributed by atoms with Crippen molar-refractivity contribution in [1.82, 2.24) is 24.9 Å². The van der Waals surface area contributed by atoms with Crippen molar-refractivity contribution in [3.8, 4) is 56.7 Å². The molecule has 0 spiro atoms. The molecule has 0 saturated heterocycles. The lowest BCUT2D eigenvalue weighted by atomic mass is 10.0. The molecule has 6 aromatic carbocycles. The number of benzene rings is 6. The molecule has 10 aromatic rings. The Kier molecular flexibility index (Phi) is 6.79. The van der Waals surface area contributed by atoms with Gasteiger partial charge in [-0.1, -0.05) is 121 Å². The van der Waals surface area contributed by atoms with E-state index in [2.05, 4.69) is 109 Å². The Morgan fingerprint density at radius 3 is 1.88 bits per heavy atom. The van der Waals surface area contributed by atoms with Crippen LogP contribution in [0.25, 0.3) is 97.2 Å². The number of aromatic nitrogens is 5. The lowest BCUT2D eigenvalue weighted by Gasteiger charge is -2.10. The molecule has 0 aliphatic carbocycles. The highest BCUT2D eigenvalue weighted by Crippen LogP contribution is 2.41. The van der Waals surface area contributed by atoms with Crippen LogP contribution in [0.3, 0.4) is 0 Å². The van der Waals surface area contributed by atoms with Crippen LogP contribution in [-0.4, -0.2) is 24.9 Å². The Morgan fingerprint density at radius 1 is 0.360 bits per heavy atom. The summed E-state index contributed by atoms with van der Waals surface area (Å²) in [5.41, 5.74) is 7.13. The maximum absolute atomic E-state index is 5.13. The van der Waals surface area contributed by atoms with Gasteiger partial charge >= 0.3 is 0 Å². The number of nitrogens with zero attached hydrogens (tertiary/aromatic N) is 5. The SMILES string of the molecule is c1ccc(-c2cccc(-c3nc(-c4ccccc4)nc(-c4cccc5c4sc4cc(-c6ncc7sc8ccccc8c7n6)ccc45)n3)c2)cc1. The molecule has 0 bridgehead atoms. The number of fused-ring (bicyclic) bond motifs is 6. The van der Waals surface area contributed by atoms with Gasteiger partial charge in [0.05, 0.1) is 10.2 Å². The van der Waals surface area contributed by atoms with Gasteiger partial charge in [0.25, 0.3) is 0 Å². The molecule has 0 fully saturated rings. The summed E-state index contributed by atoms with van der Waals surface area (Å²) in [6.07, 6.45) is 1.95. The lowest BCUT2D eigenvalue weighted by molar-refractivity contribution is 1.08. The van der Waals surface area contributed by atoms with Gasteiger partial charge in [-0.3, -0.25) is 0 Å². The van der Waals surface area contributed by atoms with Crippen molar-refractivity contribution in [2.75, 3.05) is 0 Å². The summed E-state index contributed by atoms with van der Waals surface area (Å²) >= 11 is 3.48. The summed E-state index contributed by atoms with van der Waals surface area (Å²) < 4.78 is 4.62. The molecule has 0 radical (unpaired) electrons. The quantitative estimate of drug-likeness (QED) is 0.182. The Labute approximate surface area is 295 Å². The van der Waals surface area contributed by atoms with Crippen LogP contribution in [0.5, 0.6) is 0 Å². The van der Waals surface area contributed by atoms with E-state index >= 15 is 0 Å². The first-order valence-corrected chi connectivity index (χ1v) is 18.0. The maximum atomic E-state index is 5.13. The van der Waals surface area contributed by atoms with Crippen LogP contribution >= 0.6 is 22.7 Å². The average Bonchev–Trinajstić information content (AvgIpc) is 3.76. The fourth-order valence-corrected chi connectivity index (χ4v) is 8.84. The molecule has 50 heavy (non-hydrogen) atoms. The molecule has 0 aliphatic rings. The largest absolute Gasteiger partial charge is 0.235 e. The van der Waals surface area contributed by atoms with Crippen LogP contribution < -0.4 is 0 Å². The third-order valence-electron chi connectivity index (χ3n) is 9.01. The first kappa shape index (κ1) is 28.8. The summed E-state index contributed by atoms with van der Waals surface area (Å²) in [5.74, 6) is 2.66. The fraction of sp³-hybridized carbons (Fsp3) is 0. The molecule has 0 unspecified atom stereocenters. The molecule has 0 amide bonds. The molecule has 4 aromatic heterocycles. The van der Waals surface area contributed by atoms with Crippen LogP contribution in [0.1, 0.15) is 0 Å². The van der Waals surface area contributed by atoms with E-state index in [1.807, 2.05) is 42.6 Å². The minimum atomic E-state index is 0.639. The standard InChI is InChI=1S/C43H25N5S2/c1-3-11-26(12-4-1)28-15-9-16-29(23-28)42-46-41(27-13-5-2-6-14-27)47-43(48-42)34-19-10-18-32-31-22-21-30(24-36(31)50-39(32)34)40-44-25-37-38(45-40)33-17-7-8-20-35(33)49-37/h1-25H. The molecule has 0 atom stereocenters. The first-order valence-electron chi connectivity index (χ1n) is 16.3. The second-order valence-electron chi connectivity index (χ2n) is 12.1. The zero-order valence-corrected chi connectivity index (χ0v) is 28.1. The van der Waals surface area contributed by atoms with E-state index in [-0.39, 0.29) is 0 Å². The second-order valence-corrected chi connectivity index (χ2v) is 14.3. The van der Waals surface area contributed by atoms with E-state index in [1.165, 1.54) is 20.9 Å². The van der Waals surface area contributed by atoms with Crippen LogP contribution in [0.2, 0.25) is 0 Å². The van der Waals surface area contributed by atoms with Gasteiger partial charge in [-0.05, 0) is 35.4 Å². The smallest absolute Gasteiger partial charge is 0.165 e. The molecule has 10 rings (SSSR count). The summed E-state index contributed by atoms with van der Waals surface area (Å²) in [6.45, 7) is 0. The van der Waals surface area contributed by atoms with Crippen LogP contribution in [0, 0.1) is 0 Å². The number of rotatable bonds is 5. The monoisotopic (exact) mass is 675 g/mol. The maximum Gasteiger partial charge on any atom is 0.165 e. The van der Waals surface area contributed by atoms with Gasteiger partial charge in [0.15, 0.2) is 23.3 Å². The average molecular weight is 676 g/mol. The molecule has 5 nitrogen and oxygen atoms in total. The van der Waals surface area contributed by atoms with Crippen molar-refractivity contribution in [3.05, 3.63) is 152 Å². The Hall–Kier alpha value is -6.15. The second kappa shape index (κ2) is 11.8. The Bertz CT molecular complexity index is 2880. The molecular weight excluding hydrogens is 651 g/mol. The highest BCUT2D eigenvalue weighted by atomic mass is 32.1. The Morgan fingerprint density at radius 2 is 1.02 bits per heavy atom. The van der Waals surface area contributed by atoms with Gasteiger partial charge in [-0.25, -0.2) is 24.9 Å². The zero-order chi connectivity index (χ0) is 33.0. The number of hydrogen-bond acceptors (Lipinski definition) is 7. The van der Waals surface area contributed by atoms with Crippen LogP contribution in [-0.2, 0) is 0 Å². The topological polar surface area (TPSA) is 64.5 Å². The summed E-state index contributed by atoms with van der Waals surface area (Å²) in [7, 11) is 0. The third-order valence-corrected chi connectivity index (χ3v) is 11.3. The molecule has 234 valence electrons. The number of thiophene rings is 2. The van der Waals surface area contributed by atoms with E-state index in [4.69, 9.17) is 24.9 Å². The van der Waals surface area contributed by atoms with Gasteiger partial charge in [0.1, 0.15) is 0 Å². The fourth-order valence-electron chi connectivity index (χ4n) is 6.57. The van der Waals surface area contributed by atoms with E-state index in [9.17, 15) is 0 Å². The van der Waals surface area contributed by atoms with E-state index < -0.39 is 0 Å². The minimum Gasteiger partial charge on any atom is -0.235 e. The highest BCUT2D eigenvalue weighted by molar-refractivity contribution is 7.26. The predicted molar refractivity (Wildman–Crippen MR) is 208 cm³/mol. The molecule has 0 aliphatic heterocycles. The Balaban J connectivity index is 1.12. The molecule has 4 heterocycles. The van der Waals surface area contributed by atoms with Crippen molar-refractivity contribution < 1.29 is 0 Å². The van der Waals surface area contributed by atoms with Crippen molar-refractivity contribution in [2.45, 2.75) is 0 Å². The van der Waals surface area contributed by atoms with Crippen LogP contribution in [0.4, 0.5) is 0 Å². The van der Waals surface area contributed by atoms with Gasteiger partial charge in [0, 0.05) is 58.7 Å². The van der Waals surface area contributed by atoms with E-state index in [0.717, 1.165) is 58.8 Å². The molecular formula is C43H25N5S2. The zero-order valence-electron chi connectivity index (χ0n) is 26.5. The van der Waals surface area contributed by atoms with Gasteiger partial charge in [0.2, 0.25) is 0 Å². The summed E-state index contributed by atoms with van der Waals surface area (Å²) in [6, 6.07) is 50.3. The molecule has 7 heteroatoms. The number of hydrogen-bond donors (Lipinski definition) is 0. The van der Waals surface area contributed by atoms with Crippen molar-refractivity contribution in [3.63, 3.8) is 0 Å². The van der Waals surface area contributed by atoms with Crippen molar-refractivity contribution in [2.24, 2.45) is 0 Å². The van der Waals surface area contributed by atoms with E-state index in [0.29, 0.717) is 17.5 Å². The van der Waals surface area contributed by atoms with Crippen molar-refractivity contribution >= 4 is 63.1 Å². The van der Waals surface area contributed by atoms with Gasteiger partial charge in [-0.15, -0.1) is 22.7 Å². The van der Waals surface area contributed by atoms with E-state index in [1.54, 1.807) is 22.7 Å². The van der Waals surface area contributed by atoms with Gasteiger partial charge < -0.3 is 0 Å². The predicted octanol–water partition coefficient (Wildman–Crippen LogP) is 11.7. The first-order chi connectivity index (χ1) is 24.7.